The molecular formula is C20H24O3. The van der Waals surface area contributed by atoms with Gasteiger partial charge in [0.1, 0.15) is 5.75 Å². The Morgan fingerprint density at radius 3 is 2.39 bits per heavy atom. The number of aryl methyl sites for hydroxylation is 1. The van der Waals surface area contributed by atoms with Gasteiger partial charge in [-0.2, -0.15) is 0 Å². The molecule has 2 aromatic rings. The van der Waals surface area contributed by atoms with Gasteiger partial charge in [-0.05, 0) is 24.0 Å². The minimum Gasteiger partial charge on any atom is -0.449 e. The molecule has 0 aliphatic rings. The average Bonchev–Trinajstić information content (AvgIpc) is 2.56. The largest absolute Gasteiger partial charge is 0.511 e. The topological polar surface area (TPSA) is 46.5 Å². The van der Waals surface area contributed by atoms with Crippen molar-refractivity contribution in [3.05, 3.63) is 54.1 Å². The van der Waals surface area contributed by atoms with Gasteiger partial charge in [-0.15, -0.1) is 0 Å². The predicted molar refractivity (Wildman–Crippen MR) is 93.0 cm³/mol. The summed E-state index contributed by atoms with van der Waals surface area (Å²) in [4.78, 5) is 11.1. The molecular weight excluding hydrogens is 288 g/mol. The number of para-hydroxylation sites is 1. The Kier molecular flexibility index (Phi) is 6.67. The fourth-order valence-electron chi connectivity index (χ4n) is 2.75. The average molecular weight is 312 g/mol. The molecule has 0 atom stereocenters. The molecule has 0 saturated carbocycles. The molecule has 0 aliphatic carbocycles. The quantitative estimate of drug-likeness (QED) is 0.373. The lowest BCUT2D eigenvalue weighted by Gasteiger charge is -2.13. The van der Waals surface area contributed by atoms with Crippen LogP contribution in [0.15, 0.2) is 48.5 Å². The Hall–Kier alpha value is -2.29. The van der Waals surface area contributed by atoms with Crippen LogP contribution >= 0.6 is 0 Å². The molecule has 0 aliphatic heterocycles. The number of unbranched alkanes of at least 4 members (excludes halogenated alkanes) is 4. The summed E-state index contributed by atoms with van der Waals surface area (Å²) in [6, 6.07) is 15.6. The normalized spacial score (nSPS) is 10.5. The molecule has 2 rings (SSSR count). The van der Waals surface area contributed by atoms with Gasteiger partial charge in [-0.3, -0.25) is 0 Å². The van der Waals surface area contributed by atoms with Gasteiger partial charge < -0.3 is 9.84 Å². The minimum absolute atomic E-state index is 0.474. The van der Waals surface area contributed by atoms with Crippen molar-refractivity contribution >= 4 is 6.16 Å². The Morgan fingerprint density at radius 1 is 0.957 bits per heavy atom. The Labute approximate surface area is 137 Å². The van der Waals surface area contributed by atoms with Crippen LogP contribution in [0.1, 0.15) is 44.6 Å². The molecule has 0 saturated heterocycles. The summed E-state index contributed by atoms with van der Waals surface area (Å²) in [5, 5.41) is 9.08. The molecule has 0 amide bonds. The van der Waals surface area contributed by atoms with Crippen LogP contribution in [0.4, 0.5) is 4.79 Å². The number of carboxylic acid groups (broad SMARTS) is 1. The summed E-state index contributed by atoms with van der Waals surface area (Å²) < 4.78 is 5.13. The number of benzene rings is 2. The third-order valence-corrected chi connectivity index (χ3v) is 3.92. The van der Waals surface area contributed by atoms with Gasteiger partial charge in [0.2, 0.25) is 0 Å². The molecule has 2 aromatic carbocycles. The molecule has 0 unspecified atom stereocenters. The van der Waals surface area contributed by atoms with E-state index in [-0.39, 0.29) is 0 Å². The molecule has 3 heteroatoms. The fraction of sp³-hybridized carbons (Fsp3) is 0.350. The van der Waals surface area contributed by atoms with Gasteiger partial charge in [0.15, 0.2) is 0 Å². The molecule has 3 nitrogen and oxygen atoms in total. The maximum atomic E-state index is 11.1. The van der Waals surface area contributed by atoms with Gasteiger partial charge in [0, 0.05) is 5.56 Å². The van der Waals surface area contributed by atoms with Crippen molar-refractivity contribution in [1.29, 1.82) is 0 Å². The lowest BCUT2D eigenvalue weighted by atomic mass is 9.98. The van der Waals surface area contributed by atoms with E-state index in [0.717, 1.165) is 36.0 Å². The minimum atomic E-state index is -1.26. The van der Waals surface area contributed by atoms with Gasteiger partial charge in [-0.1, -0.05) is 81.1 Å². The van der Waals surface area contributed by atoms with Gasteiger partial charge in [0.05, 0.1) is 0 Å². The van der Waals surface area contributed by atoms with E-state index < -0.39 is 6.16 Å². The van der Waals surface area contributed by atoms with Crippen molar-refractivity contribution in [1.82, 2.24) is 0 Å². The lowest BCUT2D eigenvalue weighted by molar-refractivity contribution is 0.144. The van der Waals surface area contributed by atoms with Crippen LogP contribution < -0.4 is 4.74 Å². The zero-order chi connectivity index (χ0) is 16.5. The smallest absolute Gasteiger partial charge is 0.449 e. The van der Waals surface area contributed by atoms with Crippen LogP contribution in [-0.2, 0) is 6.42 Å². The second kappa shape index (κ2) is 8.99. The van der Waals surface area contributed by atoms with Gasteiger partial charge in [-0.25, -0.2) is 4.79 Å². The van der Waals surface area contributed by atoms with Crippen molar-refractivity contribution in [2.24, 2.45) is 0 Å². The fourth-order valence-corrected chi connectivity index (χ4v) is 2.75. The number of ether oxygens (including phenoxy) is 1. The van der Waals surface area contributed by atoms with Crippen LogP contribution in [0.2, 0.25) is 0 Å². The zero-order valence-electron chi connectivity index (χ0n) is 13.6. The van der Waals surface area contributed by atoms with E-state index in [1.807, 2.05) is 48.5 Å². The molecule has 0 fully saturated rings. The molecule has 122 valence electrons. The van der Waals surface area contributed by atoms with Crippen LogP contribution in [0.25, 0.3) is 11.1 Å². The van der Waals surface area contributed by atoms with Crippen molar-refractivity contribution < 1.29 is 14.6 Å². The highest BCUT2D eigenvalue weighted by Gasteiger charge is 2.14. The number of rotatable bonds is 8. The first-order valence-electron chi connectivity index (χ1n) is 8.30. The van der Waals surface area contributed by atoms with Crippen LogP contribution in [0.3, 0.4) is 0 Å². The van der Waals surface area contributed by atoms with Crippen LogP contribution in [0.5, 0.6) is 5.75 Å². The van der Waals surface area contributed by atoms with E-state index in [4.69, 9.17) is 9.84 Å². The third-order valence-electron chi connectivity index (χ3n) is 3.92. The summed E-state index contributed by atoms with van der Waals surface area (Å²) in [6.45, 7) is 2.20. The van der Waals surface area contributed by atoms with E-state index in [2.05, 4.69) is 6.92 Å². The summed E-state index contributed by atoms with van der Waals surface area (Å²) in [7, 11) is 0. The van der Waals surface area contributed by atoms with E-state index in [0.29, 0.717) is 5.75 Å². The number of carbonyl (C=O) groups is 1. The Morgan fingerprint density at radius 2 is 1.70 bits per heavy atom. The van der Waals surface area contributed by atoms with E-state index in [1.54, 1.807) is 0 Å². The molecule has 0 bridgehead atoms. The zero-order valence-corrected chi connectivity index (χ0v) is 13.6. The molecule has 1 N–H and O–H groups in total. The summed E-state index contributed by atoms with van der Waals surface area (Å²) in [5.74, 6) is 0.474. The molecule has 23 heavy (non-hydrogen) atoms. The first-order valence-corrected chi connectivity index (χ1v) is 8.30. The van der Waals surface area contributed by atoms with Crippen LogP contribution in [0, 0.1) is 0 Å². The van der Waals surface area contributed by atoms with Crippen molar-refractivity contribution in [2.75, 3.05) is 0 Å². The first-order chi connectivity index (χ1) is 11.2. The maximum absolute atomic E-state index is 11.1. The third kappa shape index (κ3) is 5.13. The Balaban J connectivity index is 2.22. The lowest BCUT2D eigenvalue weighted by Crippen LogP contribution is -2.07. The summed E-state index contributed by atoms with van der Waals surface area (Å²) in [6.07, 6.45) is 5.49. The second-order valence-electron chi connectivity index (χ2n) is 5.69. The van der Waals surface area contributed by atoms with E-state index in [9.17, 15) is 4.79 Å². The number of hydrogen-bond donors (Lipinski definition) is 1. The van der Waals surface area contributed by atoms with Crippen molar-refractivity contribution in [3.63, 3.8) is 0 Å². The maximum Gasteiger partial charge on any atom is 0.511 e. The van der Waals surface area contributed by atoms with Crippen LogP contribution in [-0.4, -0.2) is 11.3 Å². The number of hydrogen-bond acceptors (Lipinski definition) is 2. The second-order valence-corrected chi connectivity index (χ2v) is 5.69. The van der Waals surface area contributed by atoms with E-state index in [1.165, 1.54) is 19.3 Å². The highest BCUT2D eigenvalue weighted by molar-refractivity contribution is 5.75. The Bertz CT molecular complexity index is 620. The molecule has 0 spiro atoms. The first kappa shape index (κ1) is 17.1. The SMILES string of the molecule is CCCCCCCc1cccc(-c2ccccc2)c1OC(=O)O. The van der Waals surface area contributed by atoms with E-state index >= 15 is 0 Å². The highest BCUT2D eigenvalue weighted by atomic mass is 16.7. The highest BCUT2D eigenvalue weighted by Crippen LogP contribution is 2.34. The van der Waals surface area contributed by atoms with Crippen molar-refractivity contribution in [3.8, 4) is 16.9 Å². The van der Waals surface area contributed by atoms with Crippen molar-refractivity contribution in [2.45, 2.75) is 45.4 Å². The molecule has 0 heterocycles. The molecule has 0 aromatic heterocycles. The summed E-state index contributed by atoms with van der Waals surface area (Å²) >= 11 is 0. The molecule has 0 radical (unpaired) electrons. The standard InChI is InChI=1S/C20H24O3/c1-2-3-4-5-7-13-17-14-10-15-18(19(17)23-20(21)22)16-11-8-6-9-12-16/h6,8-12,14-15H,2-5,7,13H2,1H3,(H,21,22). The van der Waals surface area contributed by atoms with Gasteiger partial charge in [0.25, 0.3) is 0 Å². The monoisotopic (exact) mass is 312 g/mol. The summed E-state index contributed by atoms with van der Waals surface area (Å²) in [5.41, 5.74) is 2.76. The predicted octanol–water partition coefficient (Wildman–Crippen LogP) is 5.92. The van der Waals surface area contributed by atoms with Gasteiger partial charge >= 0.3 is 6.16 Å².